The number of aryl methyl sites for hydroxylation is 1. The first-order valence-corrected chi connectivity index (χ1v) is 12.3. The monoisotopic (exact) mass is 500 g/mol. The third-order valence-corrected chi connectivity index (χ3v) is 6.69. The van der Waals surface area contributed by atoms with E-state index in [-0.39, 0.29) is 30.7 Å². The summed E-state index contributed by atoms with van der Waals surface area (Å²) < 4.78 is 25.5. The van der Waals surface area contributed by atoms with E-state index in [0.29, 0.717) is 24.1 Å². The highest BCUT2D eigenvalue weighted by Gasteiger charge is 2.40. The molecule has 0 N–H and O–H groups in total. The summed E-state index contributed by atoms with van der Waals surface area (Å²) in [5.41, 5.74) is 3.19. The zero-order valence-corrected chi connectivity index (χ0v) is 20.7. The van der Waals surface area contributed by atoms with Crippen molar-refractivity contribution in [2.75, 3.05) is 20.3 Å². The Hall–Kier alpha value is -4.18. The highest BCUT2D eigenvalue weighted by atomic mass is 19.1. The van der Waals surface area contributed by atoms with Crippen LogP contribution in [0.25, 0.3) is 11.1 Å². The Morgan fingerprint density at radius 2 is 1.81 bits per heavy atom. The van der Waals surface area contributed by atoms with Gasteiger partial charge in [-0.1, -0.05) is 48.5 Å². The van der Waals surface area contributed by atoms with Gasteiger partial charge in [-0.25, -0.2) is 4.39 Å². The second-order valence-corrected chi connectivity index (χ2v) is 9.13. The van der Waals surface area contributed by atoms with Crippen molar-refractivity contribution >= 4 is 11.9 Å². The Bertz CT molecular complexity index is 1270. The molecule has 4 rings (SSSR count). The fourth-order valence-electron chi connectivity index (χ4n) is 4.70. The fraction of sp³-hybridized carbons (Fsp3) is 0.300. The number of amides is 1. The van der Waals surface area contributed by atoms with Crippen LogP contribution in [0, 0.1) is 23.1 Å². The number of hydrogen-bond acceptors (Lipinski definition) is 5. The molecule has 0 aromatic heterocycles. The number of methoxy groups -OCH3 is 1. The molecular weight excluding hydrogens is 471 g/mol. The summed E-state index contributed by atoms with van der Waals surface area (Å²) in [6.45, 7) is 0.654. The lowest BCUT2D eigenvalue weighted by Gasteiger charge is -2.25. The third kappa shape index (κ3) is 6.53. The van der Waals surface area contributed by atoms with Gasteiger partial charge in [0, 0.05) is 6.54 Å². The number of ether oxygens (including phenoxy) is 2. The topological polar surface area (TPSA) is 79.6 Å². The van der Waals surface area contributed by atoms with Gasteiger partial charge in [-0.05, 0) is 60.2 Å². The van der Waals surface area contributed by atoms with Gasteiger partial charge in [0.1, 0.15) is 6.61 Å². The fourth-order valence-corrected chi connectivity index (χ4v) is 4.70. The smallest absolute Gasteiger partial charge is 0.306 e. The van der Waals surface area contributed by atoms with Gasteiger partial charge in [-0.15, -0.1) is 0 Å². The van der Waals surface area contributed by atoms with E-state index in [1.165, 1.54) is 18.7 Å². The standard InChI is InChI=1S/C30H29FN2O4/c1-36-29(34)18-25-16-26(33(30(25)35)15-5-8-21-6-3-2-4-7-21)20-37-28-14-13-24(17-27(28)31)23-11-9-22(19-32)10-12-23/h2-4,6-7,9-14,17,25-26H,5,8,15-16,18,20H2,1H3/t25-,26-/m0/s1. The van der Waals surface area contributed by atoms with Crippen molar-refractivity contribution in [3.05, 3.63) is 89.7 Å². The first-order chi connectivity index (χ1) is 18.0. The second-order valence-electron chi connectivity index (χ2n) is 9.13. The van der Waals surface area contributed by atoms with Crippen LogP contribution >= 0.6 is 0 Å². The van der Waals surface area contributed by atoms with Crippen LogP contribution in [-0.4, -0.2) is 43.1 Å². The van der Waals surface area contributed by atoms with E-state index in [1.807, 2.05) is 18.2 Å². The zero-order chi connectivity index (χ0) is 26.2. The highest BCUT2D eigenvalue weighted by molar-refractivity contribution is 5.85. The molecule has 1 aliphatic rings. The number of carbonyl (C=O) groups is 2. The summed E-state index contributed by atoms with van der Waals surface area (Å²) in [6, 6.07) is 23.5. The molecule has 1 aliphatic heterocycles. The molecule has 2 atom stereocenters. The Balaban J connectivity index is 1.42. The van der Waals surface area contributed by atoms with E-state index in [2.05, 4.69) is 18.2 Å². The van der Waals surface area contributed by atoms with Crippen molar-refractivity contribution in [2.24, 2.45) is 5.92 Å². The van der Waals surface area contributed by atoms with Crippen LogP contribution in [0.5, 0.6) is 5.75 Å². The molecule has 0 bridgehead atoms. The Kier molecular flexibility index (Phi) is 8.52. The van der Waals surface area contributed by atoms with Gasteiger partial charge in [0.05, 0.1) is 37.1 Å². The van der Waals surface area contributed by atoms with Crippen LogP contribution in [0.3, 0.4) is 0 Å². The van der Waals surface area contributed by atoms with E-state index in [1.54, 1.807) is 41.3 Å². The number of nitriles is 1. The van der Waals surface area contributed by atoms with Gasteiger partial charge in [0.15, 0.2) is 11.6 Å². The lowest BCUT2D eigenvalue weighted by molar-refractivity contribution is -0.144. The van der Waals surface area contributed by atoms with Crippen LogP contribution in [-0.2, 0) is 20.7 Å². The van der Waals surface area contributed by atoms with Crippen molar-refractivity contribution < 1.29 is 23.5 Å². The molecule has 1 amide bonds. The van der Waals surface area contributed by atoms with E-state index >= 15 is 0 Å². The van der Waals surface area contributed by atoms with E-state index < -0.39 is 17.7 Å². The molecule has 3 aromatic rings. The van der Waals surface area contributed by atoms with Gasteiger partial charge in [-0.2, -0.15) is 5.26 Å². The Morgan fingerprint density at radius 1 is 1.08 bits per heavy atom. The van der Waals surface area contributed by atoms with Crippen LogP contribution in [0.2, 0.25) is 0 Å². The number of likely N-dealkylation sites (tertiary alicyclic amines) is 1. The predicted molar refractivity (Wildman–Crippen MR) is 137 cm³/mol. The number of nitrogens with zero attached hydrogens (tertiary/aromatic N) is 2. The normalized spacial score (nSPS) is 16.9. The summed E-state index contributed by atoms with van der Waals surface area (Å²) in [5, 5.41) is 8.96. The Morgan fingerprint density at radius 3 is 2.49 bits per heavy atom. The maximum Gasteiger partial charge on any atom is 0.306 e. The maximum atomic E-state index is 14.9. The minimum Gasteiger partial charge on any atom is -0.488 e. The van der Waals surface area contributed by atoms with Crippen LogP contribution in [0.4, 0.5) is 4.39 Å². The molecular formula is C30H29FN2O4. The molecule has 0 saturated carbocycles. The predicted octanol–water partition coefficient (Wildman–Crippen LogP) is 5.16. The number of rotatable bonds is 10. The van der Waals surface area contributed by atoms with E-state index in [4.69, 9.17) is 14.7 Å². The van der Waals surface area contributed by atoms with Gasteiger partial charge >= 0.3 is 5.97 Å². The quantitative estimate of drug-likeness (QED) is 0.360. The lowest BCUT2D eigenvalue weighted by atomic mass is 10.0. The van der Waals surface area contributed by atoms with Crippen LogP contribution < -0.4 is 4.74 Å². The molecule has 3 aromatic carbocycles. The molecule has 190 valence electrons. The number of benzene rings is 3. The third-order valence-electron chi connectivity index (χ3n) is 6.69. The molecule has 37 heavy (non-hydrogen) atoms. The maximum absolute atomic E-state index is 14.9. The molecule has 0 radical (unpaired) electrons. The van der Waals surface area contributed by atoms with Crippen molar-refractivity contribution in [1.82, 2.24) is 4.90 Å². The van der Waals surface area contributed by atoms with Crippen molar-refractivity contribution in [3.63, 3.8) is 0 Å². The second kappa shape index (κ2) is 12.2. The van der Waals surface area contributed by atoms with Crippen LogP contribution in [0.1, 0.15) is 30.4 Å². The first kappa shape index (κ1) is 25.9. The summed E-state index contributed by atoms with van der Waals surface area (Å²) in [4.78, 5) is 26.7. The minimum atomic E-state index is -0.507. The molecule has 1 saturated heterocycles. The summed E-state index contributed by atoms with van der Waals surface area (Å²) in [6.07, 6.45) is 2.06. The minimum absolute atomic E-state index is 0.0225. The summed E-state index contributed by atoms with van der Waals surface area (Å²) in [5.74, 6) is -1.39. The molecule has 0 aliphatic carbocycles. The SMILES string of the molecule is COC(=O)C[C@@H]1C[C@@H](COc2ccc(-c3ccc(C#N)cc3)cc2F)N(CCCc2ccccc2)C1=O. The van der Waals surface area contributed by atoms with Crippen molar-refractivity contribution in [2.45, 2.75) is 31.7 Å². The van der Waals surface area contributed by atoms with Crippen molar-refractivity contribution in [3.8, 4) is 22.9 Å². The number of carbonyl (C=O) groups excluding carboxylic acids is 2. The number of esters is 1. The zero-order valence-electron chi connectivity index (χ0n) is 20.7. The van der Waals surface area contributed by atoms with Gasteiger partial charge in [0.2, 0.25) is 5.91 Å². The molecule has 6 nitrogen and oxygen atoms in total. The largest absolute Gasteiger partial charge is 0.488 e. The average molecular weight is 501 g/mol. The molecule has 7 heteroatoms. The average Bonchev–Trinajstić information content (AvgIpc) is 3.22. The van der Waals surface area contributed by atoms with Gasteiger partial charge in [0.25, 0.3) is 0 Å². The molecule has 0 unspecified atom stereocenters. The van der Waals surface area contributed by atoms with Crippen LogP contribution in [0.15, 0.2) is 72.8 Å². The lowest BCUT2D eigenvalue weighted by Crippen LogP contribution is -2.38. The summed E-state index contributed by atoms with van der Waals surface area (Å²) in [7, 11) is 1.31. The highest BCUT2D eigenvalue weighted by Crippen LogP contribution is 2.30. The van der Waals surface area contributed by atoms with Crippen molar-refractivity contribution in [1.29, 1.82) is 5.26 Å². The van der Waals surface area contributed by atoms with Gasteiger partial charge < -0.3 is 14.4 Å². The number of halogens is 1. The first-order valence-electron chi connectivity index (χ1n) is 12.3. The summed E-state index contributed by atoms with van der Waals surface area (Å²) >= 11 is 0. The molecule has 1 heterocycles. The molecule has 1 fully saturated rings. The van der Waals surface area contributed by atoms with E-state index in [9.17, 15) is 14.0 Å². The number of hydrogen-bond donors (Lipinski definition) is 0. The van der Waals surface area contributed by atoms with E-state index in [0.717, 1.165) is 18.4 Å². The molecule has 0 spiro atoms. The van der Waals surface area contributed by atoms with Gasteiger partial charge in [-0.3, -0.25) is 9.59 Å². The Labute approximate surface area is 216 Å².